The summed E-state index contributed by atoms with van der Waals surface area (Å²) in [6, 6.07) is 9.86. The number of halogens is 3. The smallest absolute Gasteiger partial charge is 0.252 e. The molecule has 0 aliphatic heterocycles. The van der Waals surface area contributed by atoms with Crippen LogP contribution < -0.4 is 10.1 Å². The third-order valence-electron chi connectivity index (χ3n) is 3.14. The fraction of sp³-hybridized carbons (Fsp3) is 0.188. The number of benzene rings is 2. The Bertz CT molecular complexity index is 704. The van der Waals surface area contributed by atoms with Gasteiger partial charge in [-0.05, 0) is 57.9 Å². The van der Waals surface area contributed by atoms with Crippen molar-refractivity contribution in [2.45, 2.75) is 6.10 Å². The minimum atomic E-state index is -0.917. The molecule has 122 valence electrons. The Morgan fingerprint density at radius 3 is 2.52 bits per heavy atom. The molecule has 2 aromatic rings. The molecule has 1 amide bonds. The summed E-state index contributed by atoms with van der Waals surface area (Å²) in [4.78, 5) is 12.2. The zero-order valence-electron chi connectivity index (χ0n) is 12.1. The van der Waals surface area contributed by atoms with E-state index in [0.717, 1.165) is 0 Å². The highest BCUT2D eigenvalue weighted by atomic mass is 79.9. The molecule has 0 heterocycles. The number of rotatable bonds is 5. The van der Waals surface area contributed by atoms with Gasteiger partial charge in [0, 0.05) is 21.1 Å². The minimum absolute atomic E-state index is 0.0269. The molecule has 23 heavy (non-hydrogen) atoms. The van der Waals surface area contributed by atoms with Gasteiger partial charge in [0.25, 0.3) is 5.91 Å². The first-order valence-corrected chi connectivity index (χ1v) is 8.21. The van der Waals surface area contributed by atoms with E-state index >= 15 is 0 Å². The molecule has 7 heteroatoms. The van der Waals surface area contributed by atoms with E-state index < -0.39 is 6.10 Å². The Kier molecular flexibility index (Phi) is 6.30. The van der Waals surface area contributed by atoms with E-state index in [0.29, 0.717) is 31.4 Å². The van der Waals surface area contributed by atoms with Crippen molar-refractivity contribution in [3.8, 4) is 5.75 Å². The lowest BCUT2D eigenvalue weighted by molar-refractivity contribution is 0.0915. The molecule has 0 radical (unpaired) electrons. The van der Waals surface area contributed by atoms with Gasteiger partial charge in [-0.2, -0.15) is 0 Å². The standard InChI is InChI=1S/C16H14BrCl2NO3/c1-23-12-2-3-14(17)13(7-12)16(22)20-8-15(21)9-4-10(18)6-11(19)5-9/h2-7,15,21H,8H2,1H3,(H,20,22). The molecule has 0 spiro atoms. The highest BCUT2D eigenvalue weighted by Gasteiger charge is 2.15. The molecule has 0 fully saturated rings. The molecule has 2 aromatic carbocycles. The maximum absolute atomic E-state index is 12.2. The van der Waals surface area contributed by atoms with Crippen molar-refractivity contribution in [1.29, 1.82) is 0 Å². The Hall–Kier alpha value is -1.27. The highest BCUT2D eigenvalue weighted by molar-refractivity contribution is 9.10. The maximum atomic E-state index is 12.2. The number of aliphatic hydroxyl groups is 1. The van der Waals surface area contributed by atoms with Gasteiger partial charge in [0.1, 0.15) is 5.75 Å². The van der Waals surface area contributed by atoms with Crippen LogP contribution in [-0.4, -0.2) is 24.7 Å². The van der Waals surface area contributed by atoms with Crippen LogP contribution in [0.25, 0.3) is 0 Å². The number of amides is 1. The van der Waals surface area contributed by atoms with Gasteiger partial charge in [0.05, 0.1) is 18.8 Å². The van der Waals surface area contributed by atoms with Gasteiger partial charge >= 0.3 is 0 Å². The zero-order chi connectivity index (χ0) is 17.0. The quantitative estimate of drug-likeness (QED) is 0.763. The maximum Gasteiger partial charge on any atom is 0.252 e. The number of hydrogen-bond acceptors (Lipinski definition) is 3. The summed E-state index contributed by atoms with van der Waals surface area (Å²) in [6.07, 6.45) is -0.917. The van der Waals surface area contributed by atoms with Gasteiger partial charge in [-0.15, -0.1) is 0 Å². The number of hydrogen-bond donors (Lipinski definition) is 2. The number of methoxy groups -OCH3 is 1. The fourth-order valence-electron chi connectivity index (χ4n) is 1.98. The van der Waals surface area contributed by atoms with E-state index in [1.165, 1.54) is 7.11 Å². The van der Waals surface area contributed by atoms with Crippen molar-refractivity contribution in [2.75, 3.05) is 13.7 Å². The zero-order valence-corrected chi connectivity index (χ0v) is 15.2. The molecule has 2 N–H and O–H groups in total. The van der Waals surface area contributed by atoms with E-state index in [9.17, 15) is 9.90 Å². The van der Waals surface area contributed by atoms with Crippen molar-refractivity contribution in [1.82, 2.24) is 5.32 Å². The first kappa shape index (κ1) is 18.1. The van der Waals surface area contributed by atoms with Crippen molar-refractivity contribution in [3.63, 3.8) is 0 Å². The summed E-state index contributed by atoms with van der Waals surface area (Å²) in [6.45, 7) is 0.0269. The minimum Gasteiger partial charge on any atom is -0.497 e. The van der Waals surface area contributed by atoms with Crippen LogP contribution in [0.1, 0.15) is 22.0 Å². The number of carbonyl (C=O) groups excluding carboxylic acids is 1. The van der Waals surface area contributed by atoms with Crippen LogP contribution in [-0.2, 0) is 0 Å². The Balaban J connectivity index is 2.06. The molecule has 0 aromatic heterocycles. The van der Waals surface area contributed by atoms with Gasteiger partial charge in [0.15, 0.2) is 0 Å². The number of aliphatic hydroxyl groups excluding tert-OH is 1. The van der Waals surface area contributed by atoms with Crippen LogP contribution >= 0.6 is 39.1 Å². The number of carbonyl (C=O) groups is 1. The molecule has 0 aliphatic rings. The van der Waals surface area contributed by atoms with Crippen LogP contribution in [0.15, 0.2) is 40.9 Å². The van der Waals surface area contributed by atoms with Crippen molar-refractivity contribution in [2.24, 2.45) is 0 Å². The molecule has 0 bridgehead atoms. The molecular weight excluding hydrogens is 405 g/mol. The molecule has 0 aliphatic carbocycles. The Labute approximate surface area is 152 Å². The first-order chi connectivity index (χ1) is 10.9. The highest BCUT2D eigenvalue weighted by Crippen LogP contribution is 2.24. The molecule has 1 unspecified atom stereocenters. The Morgan fingerprint density at radius 2 is 1.91 bits per heavy atom. The predicted octanol–water partition coefficient (Wildman–Crippen LogP) is 4.23. The largest absolute Gasteiger partial charge is 0.497 e. The van der Waals surface area contributed by atoms with Crippen molar-refractivity contribution >= 4 is 45.0 Å². The molecule has 0 saturated carbocycles. The van der Waals surface area contributed by atoms with Crippen molar-refractivity contribution < 1.29 is 14.6 Å². The Morgan fingerprint density at radius 1 is 1.26 bits per heavy atom. The summed E-state index contributed by atoms with van der Waals surface area (Å²) in [5.74, 6) is 0.239. The molecule has 1 atom stereocenters. The van der Waals surface area contributed by atoms with Crippen molar-refractivity contribution in [3.05, 3.63) is 62.0 Å². The monoisotopic (exact) mass is 417 g/mol. The molecule has 0 saturated heterocycles. The summed E-state index contributed by atoms with van der Waals surface area (Å²) >= 11 is 15.1. The lowest BCUT2D eigenvalue weighted by Crippen LogP contribution is -2.28. The van der Waals surface area contributed by atoms with Gasteiger partial charge in [-0.1, -0.05) is 23.2 Å². The van der Waals surface area contributed by atoms with Crippen LogP contribution in [0.4, 0.5) is 0 Å². The van der Waals surface area contributed by atoms with Crippen LogP contribution in [0.2, 0.25) is 10.0 Å². The van der Waals surface area contributed by atoms with E-state index in [2.05, 4.69) is 21.2 Å². The van der Waals surface area contributed by atoms with Crippen LogP contribution in [0.5, 0.6) is 5.75 Å². The summed E-state index contributed by atoms with van der Waals surface area (Å²) in [5.41, 5.74) is 0.952. The normalized spacial score (nSPS) is 11.9. The first-order valence-electron chi connectivity index (χ1n) is 6.66. The second kappa shape index (κ2) is 8.02. The molecule has 4 nitrogen and oxygen atoms in total. The van der Waals surface area contributed by atoms with Gasteiger partial charge in [0.2, 0.25) is 0 Å². The predicted molar refractivity (Wildman–Crippen MR) is 94.4 cm³/mol. The van der Waals surface area contributed by atoms with Gasteiger partial charge < -0.3 is 15.2 Å². The van der Waals surface area contributed by atoms with Gasteiger partial charge in [-0.25, -0.2) is 0 Å². The number of ether oxygens (including phenoxy) is 1. The molecular formula is C16H14BrCl2NO3. The third kappa shape index (κ3) is 4.85. The lowest BCUT2D eigenvalue weighted by atomic mass is 10.1. The average molecular weight is 419 g/mol. The summed E-state index contributed by atoms with van der Waals surface area (Å²) in [5, 5.41) is 13.7. The van der Waals surface area contributed by atoms with E-state index in [-0.39, 0.29) is 12.5 Å². The van der Waals surface area contributed by atoms with Crippen LogP contribution in [0.3, 0.4) is 0 Å². The van der Waals surface area contributed by atoms with E-state index in [1.54, 1.807) is 36.4 Å². The summed E-state index contributed by atoms with van der Waals surface area (Å²) in [7, 11) is 1.53. The SMILES string of the molecule is COc1ccc(Br)c(C(=O)NCC(O)c2cc(Cl)cc(Cl)c2)c1. The molecule has 2 rings (SSSR count). The van der Waals surface area contributed by atoms with Gasteiger partial charge in [-0.3, -0.25) is 4.79 Å². The fourth-order valence-corrected chi connectivity index (χ4v) is 2.94. The van der Waals surface area contributed by atoms with E-state index in [1.807, 2.05) is 0 Å². The average Bonchev–Trinajstić information content (AvgIpc) is 2.51. The second-order valence-electron chi connectivity index (χ2n) is 4.77. The second-order valence-corrected chi connectivity index (χ2v) is 6.50. The third-order valence-corrected chi connectivity index (χ3v) is 4.27. The van der Waals surface area contributed by atoms with Crippen LogP contribution in [0, 0.1) is 0 Å². The topological polar surface area (TPSA) is 58.6 Å². The summed E-state index contributed by atoms with van der Waals surface area (Å²) < 4.78 is 5.74. The number of nitrogens with one attached hydrogen (secondary N) is 1. The lowest BCUT2D eigenvalue weighted by Gasteiger charge is -2.14. The van der Waals surface area contributed by atoms with E-state index in [4.69, 9.17) is 27.9 Å².